The van der Waals surface area contributed by atoms with Crippen LogP contribution in [0.15, 0.2) is 46.9 Å². The molecule has 0 aliphatic rings. The lowest BCUT2D eigenvalue weighted by molar-refractivity contribution is -0.143. The Morgan fingerprint density at radius 1 is 1.13 bits per heavy atom. The second-order valence-corrected chi connectivity index (χ2v) is 9.32. The standard InChI is InChI=1S/C23H27BrCl2N2O3/c1-4-21(23(30)27-12-15(2)3)28(13-16-5-8-18(25)11-20(16)26)22(29)14-31-19-9-6-17(24)7-10-19/h5-11,15,21H,4,12-14H2,1-3H3,(H,27,30)/t21-/m1/s1. The van der Waals surface area contributed by atoms with Crippen molar-refractivity contribution in [3.8, 4) is 5.75 Å². The topological polar surface area (TPSA) is 58.6 Å². The molecule has 8 heteroatoms. The third-order valence-electron chi connectivity index (χ3n) is 4.60. The predicted molar refractivity (Wildman–Crippen MR) is 129 cm³/mol. The Morgan fingerprint density at radius 2 is 1.81 bits per heavy atom. The van der Waals surface area contributed by atoms with Crippen LogP contribution in [0.25, 0.3) is 0 Å². The maximum absolute atomic E-state index is 13.2. The highest BCUT2D eigenvalue weighted by Crippen LogP contribution is 2.24. The van der Waals surface area contributed by atoms with Gasteiger partial charge in [0.2, 0.25) is 5.91 Å². The summed E-state index contributed by atoms with van der Waals surface area (Å²) in [6.45, 7) is 6.42. The summed E-state index contributed by atoms with van der Waals surface area (Å²) in [5.74, 6) is 0.370. The highest BCUT2D eigenvalue weighted by molar-refractivity contribution is 9.10. The average Bonchev–Trinajstić information content (AvgIpc) is 2.73. The van der Waals surface area contributed by atoms with Gasteiger partial charge in [-0.1, -0.05) is 66.0 Å². The van der Waals surface area contributed by atoms with Crippen molar-refractivity contribution in [1.29, 1.82) is 0 Å². The summed E-state index contributed by atoms with van der Waals surface area (Å²) in [5, 5.41) is 3.87. The minimum absolute atomic E-state index is 0.173. The number of rotatable bonds is 10. The van der Waals surface area contributed by atoms with Crippen LogP contribution in [-0.4, -0.2) is 35.9 Å². The van der Waals surface area contributed by atoms with Gasteiger partial charge in [-0.2, -0.15) is 0 Å². The van der Waals surface area contributed by atoms with E-state index >= 15 is 0 Å². The Hall–Kier alpha value is -1.76. The van der Waals surface area contributed by atoms with Crippen molar-refractivity contribution in [2.24, 2.45) is 5.92 Å². The molecule has 5 nitrogen and oxygen atoms in total. The van der Waals surface area contributed by atoms with E-state index in [2.05, 4.69) is 21.2 Å². The van der Waals surface area contributed by atoms with Gasteiger partial charge in [0.25, 0.3) is 5.91 Å². The molecule has 2 aromatic rings. The Morgan fingerprint density at radius 3 is 2.39 bits per heavy atom. The van der Waals surface area contributed by atoms with E-state index in [0.29, 0.717) is 40.2 Å². The van der Waals surface area contributed by atoms with Crippen molar-refractivity contribution < 1.29 is 14.3 Å². The van der Waals surface area contributed by atoms with Crippen LogP contribution >= 0.6 is 39.1 Å². The summed E-state index contributed by atoms with van der Waals surface area (Å²) in [5.41, 5.74) is 0.707. The molecule has 2 rings (SSSR count). The number of hydrogen-bond acceptors (Lipinski definition) is 3. The van der Waals surface area contributed by atoms with Crippen LogP contribution in [0.1, 0.15) is 32.8 Å². The molecule has 0 fully saturated rings. The second kappa shape index (κ2) is 12.3. The first-order chi connectivity index (χ1) is 14.7. The SMILES string of the molecule is CC[C@H](C(=O)NCC(C)C)N(Cc1ccc(Cl)cc1Cl)C(=O)COc1ccc(Br)cc1. The fourth-order valence-corrected chi connectivity index (χ4v) is 3.67. The number of halogens is 3. The van der Waals surface area contributed by atoms with Gasteiger partial charge in [0.15, 0.2) is 6.61 Å². The van der Waals surface area contributed by atoms with Gasteiger partial charge in [-0.3, -0.25) is 9.59 Å². The molecule has 2 amide bonds. The summed E-state index contributed by atoms with van der Waals surface area (Å²) in [7, 11) is 0. The fourth-order valence-electron chi connectivity index (χ4n) is 2.93. The maximum Gasteiger partial charge on any atom is 0.261 e. The molecule has 168 valence electrons. The van der Waals surface area contributed by atoms with E-state index in [9.17, 15) is 9.59 Å². The van der Waals surface area contributed by atoms with Crippen LogP contribution in [0.2, 0.25) is 10.0 Å². The van der Waals surface area contributed by atoms with E-state index in [1.54, 1.807) is 30.3 Å². The normalized spacial score (nSPS) is 11.8. The van der Waals surface area contributed by atoms with E-state index in [1.165, 1.54) is 4.90 Å². The quantitative estimate of drug-likeness (QED) is 0.428. The number of benzene rings is 2. The van der Waals surface area contributed by atoms with Gasteiger partial charge >= 0.3 is 0 Å². The van der Waals surface area contributed by atoms with Gasteiger partial charge in [-0.05, 0) is 54.3 Å². The second-order valence-electron chi connectivity index (χ2n) is 7.56. The van der Waals surface area contributed by atoms with Crippen molar-refractivity contribution in [2.75, 3.05) is 13.2 Å². The smallest absolute Gasteiger partial charge is 0.261 e. The van der Waals surface area contributed by atoms with Crippen LogP contribution in [-0.2, 0) is 16.1 Å². The first-order valence-corrected chi connectivity index (χ1v) is 11.7. The number of carbonyl (C=O) groups is 2. The van der Waals surface area contributed by atoms with E-state index in [4.69, 9.17) is 27.9 Å². The molecule has 0 bridgehead atoms. The summed E-state index contributed by atoms with van der Waals surface area (Å²) in [4.78, 5) is 27.5. The molecule has 1 N–H and O–H groups in total. The highest BCUT2D eigenvalue weighted by atomic mass is 79.9. The van der Waals surface area contributed by atoms with Crippen molar-refractivity contribution in [3.05, 3.63) is 62.5 Å². The molecule has 0 saturated carbocycles. The highest BCUT2D eigenvalue weighted by Gasteiger charge is 2.29. The van der Waals surface area contributed by atoms with Crippen LogP contribution in [0.5, 0.6) is 5.75 Å². The van der Waals surface area contributed by atoms with Gasteiger partial charge in [0, 0.05) is 27.6 Å². The number of carbonyl (C=O) groups excluding carboxylic acids is 2. The zero-order valence-corrected chi connectivity index (χ0v) is 20.9. The van der Waals surface area contributed by atoms with E-state index in [1.807, 2.05) is 32.9 Å². The molecule has 2 aromatic carbocycles. The number of ether oxygens (including phenoxy) is 1. The number of nitrogens with one attached hydrogen (secondary N) is 1. The number of hydrogen-bond donors (Lipinski definition) is 1. The third kappa shape index (κ3) is 8.02. The summed E-state index contributed by atoms with van der Waals surface area (Å²) in [6, 6.07) is 11.7. The molecular formula is C23H27BrCl2N2O3. The summed E-state index contributed by atoms with van der Waals surface area (Å²) >= 11 is 15.7. The van der Waals surface area contributed by atoms with Crippen molar-refractivity contribution in [3.63, 3.8) is 0 Å². The molecule has 0 aromatic heterocycles. The molecule has 0 saturated heterocycles. The van der Waals surface area contributed by atoms with Crippen molar-refractivity contribution in [1.82, 2.24) is 10.2 Å². The molecular weight excluding hydrogens is 503 g/mol. The Labute approximate surface area is 202 Å². The van der Waals surface area contributed by atoms with Crippen molar-refractivity contribution in [2.45, 2.75) is 39.8 Å². The maximum atomic E-state index is 13.2. The lowest BCUT2D eigenvalue weighted by Gasteiger charge is -2.31. The van der Waals surface area contributed by atoms with Gasteiger partial charge in [-0.25, -0.2) is 0 Å². The Bertz CT molecular complexity index is 891. The van der Waals surface area contributed by atoms with Gasteiger partial charge in [-0.15, -0.1) is 0 Å². The lowest BCUT2D eigenvalue weighted by atomic mass is 10.1. The van der Waals surface area contributed by atoms with Crippen LogP contribution in [0.4, 0.5) is 0 Å². The van der Waals surface area contributed by atoms with Gasteiger partial charge < -0.3 is 15.0 Å². The summed E-state index contributed by atoms with van der Waals surface area (Å²) in [6.07, 6.45) is 0.458. The summed E-state index contributed by atoms with van der Waals surface area (Å²) < 4.78 is 6.58. The van der Waals surface area contributed by atoms with Gasteiger partial charge in [0.1, 0.15) is 11.8 Å². The van der Waals surface area contributed by atoms with E-state index < -0.39 is 6.04 Å². The minimum Gasteiger partial charge on any atom is -0.484 e. The van der Waals surface area contributed by atoms with Crippen LogP contribution < -0.4 is 10.1 Å². The minimum atomic E-state index is -0.647. The monoisotopic (exact) mass is 528 g/mol. The fraction of sp³-hybridized carbons (Fsp3) is 0.391. The third-order valence-corrected chi connectivity index (χ3v) is 5.72. The Kier molecular flexibility index (Phi) is 10.1. The van der Waals surface area contributed by atoms with E-state index in [0.717, 1.165) is 4.47 Å². The van der Waals surface area contributed by atoms with Crippen LogP contribution in [0.3, 0.4) is 0 Å². The zero-order valence-electron chi connectivity index (χ0n) is 17.8. The first-order valence-electron chi connectivity index (χ1n) is 10.1. The molecule has 1 atom stereocenters. The lowest BCUT2D eigenvalue weighted by Crippen LogP contribution is -2.50. The molecule has 0 unspecified atom stereocenters. The number of nitrogens with zero attached hydrogens (tertiary/aromatic N) is 1. The molecule has 0 radical (unpaired) electrons. The molecule has 0 aliphatic carbocycles. The number of amides is 2. The molecule has 0 heterocycles. The molecule has 0 aliphatic heterocycles. The first kappa shape index (κ1) is 25.5. The van der Waals surface area contributed by atoms with Gasteiger partial charge in [0.05, 0.1) is 0 Å². The largest absolute Gasteiger partial charge is 0.484 e. The zero-order chi connectivity index (χ0) is 23.0. The van der Waals surface area contributed by atoms with E-state index in [-0.39, 0.29) is 25.0 Å². The van der Waals surface area contributed by atoms with Crippen LogP contribution in [0, 0.1) is 5.92 Å². The average molecular weight is 530 g/mol. The van der Waals surface area contributed by atoms with Crippen molar-refractivity contribution >= 4 is 50.9 Å². The molecule has 0 spiro atoms. The molecule has 31 heavy (non-hydrogen) atoms. The Balaban J connectivity index is 2.22. The predicted octanol–water partition coefficient (Wildman–Crippen LogP) is 5.71.